The van der Waals surface area contributed by atoms with Crippen LogP contribution in [-0.4, -0.2) is 48.9 Å². The molecule has 0 aliphatic heterocycles. The Bertz CT molecular complexity index is 813. The third-order valence-corrected chi connectivity index (χ3v) is 4.73. The van der Waals surface area contributed by atoms with Gasteiger partial charge in [0, 0.05) is 22.1 Å². The van der Waals surface area contributed by atoms with E-state index in [2.05, 4.69) is 10.1 Å². The number of ether oxygens (including phenoxy) is 1. The maximum absolute atomic E-state index is 13.2. The zero-order valence-electron chi connectivity index (χ0n) is 13.6. The first kappa shape index (κ1) is 24.5. The molecule has 0 bridgehead atoms. The molecular formula is C14H12F5INO6S-. The zero-order valence-corrected chi connectivity index (χ0v) is 16.6. The molecule has 0 fully saturated rings. The first-order valence-corrected chi connectivity index (χ1v) is 9.78. The van der Waals surface area contributed by atoms with Gasteiger partial charge in [0.05, 0.1) is 0 Å². The summed E-state index contributed by atoms with van der Waals surface area (Å²) in [7, 11) is -6.74. The van der Waals surface area contributed by atoms with E-state index in [1.807, 2.05) is 22.6 Å². The number of nitrogens with one attached hydrogen (secondary N) is 1. The van der Waals surface area contributed by atoms with E-state index in [1.165, 1.54) is 12.1 Å². The standard InChI is InChI=1S/C14H13F5INO6S/c15-13(16,17)12(14(18,19)28(24,25)26)27-10(22)2-1-7-21-11(23)8-3-5-9(20)6-4-8/h3-6,12H,1-2,7H2,(H,21,23)(H,24,25,26)/p-1. The smallest absolute Gasteiger partial charge is 0.432 e. The van der Waals surface area contributed by atoms with Gasteiger partial charge in [-0.15, -0.1) is 0 Å². The highest BCUT2D eigenvalue weighted by Crippen LogP contribution is 2.38. The number of esters is 1. The Morgan fingerprint density at radius 2 is 1.68 bits per heavy atom. The second kappa shape index (κ2) is 9.30. The minimum Gasteiger partial charge on any atom is -0.743 e. The predicted octanol–water partition coefficient (Wildman–Crippen LogP) is 2.41. The summed E-state index contributed by atoms with van der Waals surface area (Å²) in [5.41, 5.74) is 0.278. The second-order valence-electron chi connectivity index (χ2n) is 5.29. The van der Waals surface area contributed by atoms with Gasteiger partial charge in [-0.25, -0.2) is 8.42 Å². The van der Waals surface area contributed by atoms with E-state index >= 15 is 0 Å². The minimum atomic E-state index is -6.74. The molecule has 158 valence electrons. The molecule has 0 aliphatic rings. The van der Waals surface area contributed by atoms with Crippen molar-refractivity contribution in [1.82, 2.24) is 5.32 Å². The molecule has 28 heavy (non-hydrogen) atoms. The van der Waals surface area contributed by atoms with Crippen LogP contribution in [0.5, 0.6) is 0 Å². The summed E-state index contributed by atoms with van der Waals surface area (Å²) in [5.74, 6) is -2.35. The molecule has 0 heterocycles. The number of hydrogen-bond donors (Lipinski definition) is 1. The summed E-state index contributed by atoms with van der Waals surface area (Å²) in [6.45, 7) is -0.202. The number of halogens is 6. The summed E-state index contributed by atoms with van der Waals surface area (Å²) in [6, 6.07) is 6.30. The van der Waals surface area contributed by atoms with Crippen molar-refractivity contribution in [2.75, 3.05) is 6.54 Å². The number of alkyl halides is 5. The molecule has 1 atom stereocenters. The number of hydrogen-bond acceptors (Lipinski definition) is 6. The number of carbonyl (C=O) groups excluding carboxylic acids is 2. The maximum atomic E-state index is 13.2. The molecule has 1 aromatic rings. The highest BCUT2D eigenvalue weighted by molar-refractivity contribution is 14.1. The van der Waals surface area contributed by atoms with Crippen molar-refractivity contribution in [3.63, 3.8) is 0 Å². The van der Waals surface area contributed by atoms with Gasteiger partial charge in [0.1, 0.15) is 0 Å². The van der Waals surface area contributed by atoms with Crippen LogP contribution in [0.25, 0.3) is 0 Å². The van der Waals surface area contributed by atoms with E-state index in [9.17, 15) is 44.5 Å². The van der Waals surface area contributed by atoms with E-state index < -0.39 is 46.0 Å². The lowest BCUT2D eigenvalue weighted by Crippen LogP contribution is -2.52. The fourth-order valence-corrected chi connectivity index (χ4v) is 2.59. The first-order chi connectivity index (χ1) is 12.7. The van der Waals surface area contributed by atoms with Crippen LogP contribution in [0.15, 0.2) is 24.3 Å². The van der Waals surface area contributed by atoms with Crippen LogP contribution in [0, 0.1) is 3.57 Å². The minimum absolute atomic E-state index is 0.202. The Balaban J connectivity index is 2.60. The third kappa shape index (κ3) is 6.80. The average Bonchev–Trinajstić information content (AvgIpc) is 2.54. The number of rotatable bonds is 8. The Hall–Kier alpha value is -1.55. The number of amides is 1. The SMILES string of the molecule is O=C(CCCNC(=O)c1ccc(I)cc1)OC(C(F)(F)F)C(F)(F)S(=O)(=O)[O-]. The van der Waals surface area contributed by atoms with Crippen molar-refractivity contribution in [2.24, 2.45) is 0 Å². The highest BCUT2D eigenvalue weighted by atomic mass is 127. The van der Waals surface area contributed by atoms with Gasteiger partial charge in [0.25, 0.3) is 12.0 Å². The van der Waals surface area contributed by atoms with Crippen LogP contribution in [0.1, 0.15) is 23.2 Å². The fraction of sp³-hybridized carbons (Fsp3) is 0.429. The van der Waals surface area contributed by atoms with E-state index in [4.69, 9.17) is 0 Å². The Labute approximate surface area is 169 Å². The van der Waals surface area contributed by atoms with Crippen molar-refractivity contribution < 1.29 is 49.2 Å². The molecule has 0 saturated carbocycles. The van der Waals surface area contributed by atoms with Crippen LogP contribution in [0.4, 0.5) is 22.0 Å². The maximum Gasteiger partial charge on any atom is 0.432 e. The Morgan fingerprint density at radius 3 is 2.14 bits per heavy atom. The predicted molar refractivity (Wildman–Crippen MR) is 91.3 cm³/mol. The van der Waals surface area contributed by atoms with Gasteiger partial charge in [-0.1, -0.05) is 0 Å². The average molecular weight is 544 g/mol. The Morgan fingerprint density at radius 1 is 1.14 bits per heavy atom. The summed E-state index contributed by atoms with van der Waals surface area (Å²) in [6.07, 6.45) is -11.5. The lowest BCUT2D eigenvalue weighted by Gasteiger charge is -2.29. The van der Waals surface area contributed by atoms with Crippen LogP contribution in [0.3, 0.4) is 0 Å². The van der Waals surface area contributed by atoms with Crippen molar-refractivity contribution in [3.05, 3.63) is 33.4 Å². The van der Waals surface area contributed by atoms with E-state index in [0.717, 1.165) is 3.57 Å². The zero-order chi connectivity index (χ0) is 21.8. The van der Waals surface area contributed by atoms with Crippen LogP contribution >= 0.6 is 22.6 Å². The molecule has 0 radical (unpaired) electrons. The molecule has 1 unspecified atom stereocenters. The molecule has 1 N–H and O–H groups in total. The fourth-order valence-electron chi connectivity index (χ4n) is 1.79. The normalized spacial score (nSPS) is 13.7. The molecule has 0 aliphatic carbocycles. The van der Waals surface area contributed by atoms with Crippen molar-refractivity contribution in [3.8, 4) is 0 Å². The van der Waals surface area contributed by atoms with E-state index in [0.29, 0.717) is 0 Å². The quantitative estimate of drug-likeness (QED) is 0.177. The highest BCUT2D eigenvalue weighted by Gasteiger charge is 2.62. The van der Waals surface area contributed by atoms with E-state index in [1.54, 1.807) is 12.1 Å². The Kier molecular flexibility index (Phi) is 8.13. The van der Waals surface area contributed by atoms with Gasteiger partial charge in [0.15, 0.2) is 10.1 Å². The topological polar surface area (TPSA) is 113 Å². The summed E-state index contributed by atoms with van der Waals surface area (Å²) in [5, 5.41) is -3.54. The van der Waals surface area contributed by atoms with Crippen molar-refractivity contribution >= 4 is 44.6 Å². The third-order valence-electron chi connectivity index (χ3n) is 3.13. The van der Waals surface area contributed by atoms with Crippen molar-refractivity contribution in [2.45, 2.75) is 30.4 Å². The van der Waals surface area contributed by atoms with Gasteiger partial charge < -0.3 is 14.6 Å². The summed E-state index contributed by atoms with van der Waals surface area (Å²) < 4.78 is 99.7. The summed E-state index contributed by atoms with van der Waals surface area (Å²) in [4.78, 5) is 23.1. The number of carbonyl (C=O) groups is 2. The van der Waals surface area contributed by atoms with Gasteiger partial charge >= 0.3 is 17.4 Å². The lowest BCUT2D eigenvalue weighted by atomic mass is 10.2. The largest absolute Gasteiger partial charge is 0.743 e. The van der Waals surface area contributed by atoms with Crippen molar-refractivity contribution in [1.29, 1.82) is 0 Å². The van der Waals surface area contributed by atoms with Crippen LogP contribution in [-0.2, 0) is 19.6 Å². The molecule has 0 aromatic heterocycles. The van der Waals surface area contributed by atoms with Crippen LogP contribution in [0.2, 0.25) is 0 Å². The van der Waals surface area contributed by atoms with Gasteiger partial charge in [-0.3, -0.25) is 9.59 Å². The first-order valence-electron chi connectivity index (χ1n) is 7.29. The molecule has 1 aromatic carbocycles. The molecule has 0 saturated heterocycles. The summed E-state index contributed by atoms with van der Waals surface area (Å²) >= 11 is 2.01. The lowest BCUT2D eigenvalue weighted by molar-refractivity contribution is -0.259. The molecule has 14 heteroatoms. The number of benzene rings is 1. The molecule has 1 amide bonds. The van der Waals surface area contributed by atoms with Gasteiger partial charge in [-0.2, -0.15) is 22.0 Å². The second-order valence-corrected chi connectivity index (χ2v) is 7.99. The molecule has 7 nitrogen and oxygen atoms in total. The molecular weight excluding hydrogens is 532 g/mol. The molecule has 0 spiro atoms. The van der Waals surface area contributed by atoms with Crippen LogP contribution < -0.4 is 5.32 Å². The monoisotopic (exact) mass is 544 g/mol. The van der Waals surface area contributed by atoms with Gasteiger partial charge in [0.2, 0.25) is 0 Å². The van der Waals surface area contributed by atoms with E-state index in [-0.39, 0.29) is 18.5 Å². The van der Waals surface area contributed by atoms with Gasteiger partial charge in [-0.05, 0) is 53.3 Å². The molecule has 1 rings (SSSR count).